The number of hydrogen-bond donors (Lipinski definition) is 1. The molecule has 0 aromatic heterocycles. The molecule has 0 aliphatic heterocycles. The van der Waals surface area contributed by atoms with Crippen LogP contribution in [0, 0.1) is 17.3 Å². The molecule has 1 saturated carbocycles. The predicted octanol–water partition coefficient (Wildman–Crippen LogP) is 2.89. The van der Waals surface area contributed by atoms with Gasteiger partial charge in [-0.1, -0.05) is 25.8 Å². The van der Waals surface area contributed by atoms with Gasteiger partial charge in [0.15, 0.2) is 0 Å². The maximum Gasteiger partial charge on any atom is 0.0761 e. The molecule has 0 spiro atoms. The number of allylic oxidation sites excluding steroid dienone is 1. The van der Waals surface area contributed by atoms with Crippen molar-refractivity contribution in [3.63, 3.8) is 0 Å². The van der Waals surface area contributed by atoms with E-state index in [0.29, 0.717) is 5.41 Å². The number of rotatable bonds is 0. The van der Waals surface area contributed by atoms with Gasteiger partial charge >= 0.3 is 0 Å². The molecule has 3 atom stereocenters. The molecule has 0 bridgehead atoms. The fraction of sp³-hybridized carbons (Fsp3) is 0.846. The summed E-state index contributed by atoms with van der Waals surface area (Å²) in [7, 11) is 0. The first-order valence-corrected chi connectivity index (χ1v) is 5.99. The third kappa shape index (κ3) is 1.05. The first kappa shape index (κ1) is 8.96. The molecule has 1 nitrogen and oxygen atoms in total. The second kappa shape index (κ2) is 2.63. The van der Waals surface area contributed by atoms with Crippen molar-refractivity contribution in [1.29, 1.82) is 0 Å². The highest BCUT2D eigenvalue weighted by atomic mass is 16.3. The average molecular weight is 192 g/mol. The van der Waals surface area contributed by atoms with Gasteiger partial charge in [0, 0.05) is 0 Å². The van der Waals surface area contributed by atoms with Gasteiger partial charge in [-0.25, -0.2) is 0 Å². The molecular formula is C13H20O. The molecule has 3 aliphatic rings. The minimum absolute atomic E-state index is 0.104. The monoisotopic (exact) mass is 192 g/mol. The quantitative estimate of drug-likeness (QED) is 0.585. The van der Waals surface area contributed by atoms with Crippen LogP contribution >= 0.6 is 0 Å². The second-order valence-corrected chi connectivity index (χ2v) is 6.19. The SMILES string of the molecule is CC1(C)CC2=C([C@@H](O)C1)[C@@H]1CCC[C@H]21. The van der Waals surface area contributed by atoms with Crippen LogP contribution in [0.2, 0.25) is 0 Å². The Morgan fingerprint density at radius 3 is 2.71 bits per heavy atom. The lowest BCUT2D eigenvalue weighted by molar-refractivity contribution is 0.0891. The third-order valence-electron chi connectivity index (χ3n) is 4.51. The summed E-state index contributed by atoms with van der Waals surface area (Å²) in [4.78, 5) is 0. The summed E-state index contributed by atoms with van der Waals surface area (Å²) in [5.74, 6) is 1.66. The molecule has 14 heavy (non-hydrogen) atoms. The maximum absolute atomic E-state index is 10.1. The standard InChI is InChI=1S/C13H20O/c1-13(2)6-10-8-4-3-5-9(8)12(10)11(14)7-13/h8-9,11,14H,3-7H2,1-2H3/t8-,9+,11-/m0/s1. The van der Waals surface area contributed by atoms with E-state index in [2.05, 4.69) is 13.8 Å². The average Bonchev–Trinajstić information content (AvgIpc) is 2.42. The molecule has 3 rings (SSSR count). The molecular weight excluding hydrogens is 172 g/mol. The topological polar surface area (TPSA) is 20.2 Å². The third-order valence-corrected chi connectivity index (χ3v) is 4.51. The molecule has 1 heteroatoms. The lowest BCUT2D eigenvalue weighted by Gasteiger charge is -2.49. The number of aliphatic hydroxyl groups is 1. The van der Waals surface area contributed by atoms with Crippen LogP contribution in [0.25, 0.3) is 0 Å². The molecule has 1 fully saturated rings. The van der Waals surface area contributed by atoms with Gasteiger partial charge in [-0.15, -0.1) is 0 Å². The Balaban J connectivity index is 1.94. The molecule has 78 valence electrons. The van der Waals surface area contributed by atoms with Crippen LogP contribution in [0.15, 0.2) is 11.1 Å². The van der Waals surface area contributed by atoms with Crippen LogP contribution in [0.5, 0.6) is 0 Å². The Morgan fingerprint density at radius 2 is 1.93 bits per heavy atom. The van der Waals surface area contributed by atoms with Gasteiger partial charge in [-0.3, -0.25) is 0 Å². The molecule has 0 radical (unpaired) electrons. The van der Waals surface area contributed by atoms with Crippen LogP contribution in [-0.4, -0.2) is 11.2 Å². The lowest BCUT2D eigenvalue weighted by Crippen LogP contribution is -2.41. The van der Waals surface area contributed by atoms with Gasteiger partial charge in [-0.2, -0.15) is 0 Å². The molecule has 0 aromatic rings. The summed E-state index contributed by atoms with van der Waals surface area (Å²) in [6, 6.07) is 0. The molecule has 3 aliphatic carbocycles. The van der Waals surface area contributed by atoms with Gasteiger partial charge in [0.2, 0.25) is 0 Å². The van der Waals surface area contributed by atoms with Crippen LogP contribution in [0.3, 0.4) is 0 Å². The normalized spacial score (nSPS) is 44.4. The van der Waals surface area contributed by atoms with Crippen molar-refractivity contribution in [3.8, 4) is 0 Å². The molecule has 0 saturated heterocycles. The van der Waals surface area contributed by atoms with Crippen LogP contribution in [0.1, 0.15) is 46.0 Å². The summed E-state index contributed by atoms with van der Waals surface area (Å²) in [6.07, 6.45) is 6.26. The van der Waals surface area contributed by atoms with Crippen LogP contribution in [0.4, 0.5) is 0 Å². The van der Waals surface area contributed by atoms with E-state index in [1.54, 1.807) is 5.57 Å². The van der Waals surface area contributed by atoms with Crippen molar-refractivity contribution in [3.05, 3.63) is 11.1 Å². The highest BCUT2D eigenvalue weighted by molar-refractivity contribution is 5.39. The van der Waals surface area contributed by atoms with Gasteiger partial charge in [0.05, 0.1) is 6.10 Å². The Hall–Kier alpha value is -0.300. The van der Waals surface area contributed by atoms with E-state index < -0.39 is 0 Å². The summed E-state index contributed by atoms with van der Waals surface area (Å²) < 4.78 is 0. The van der Waals surface area contributed by atoms with Gasteiger partial charge < -0.3 is 5.11 Å². The second-order valence-electron chi connectivity index (χ2n) is 6.19. The molecule has 0 heterocycles. The minimum atomic E-state index is -0.104. The Kier molecular flexibility index (Phi) is 1.69. The smallest absolute Gasteiger partial charge is 0.0761 e. The maximum atomic E-state index is 10.1. The van der Waals surface area contributed by atoms with E-state index in [4.69, 9.17) is 0 Å². The zero-order valence-electron chi connectivity index (χ0n) is 9.21. The van der Waals surface area contributed by atoms with E-state index in [0.717, 1.165) is 18.3 Å². The van der Waals surface area contributed by atoms with E-state index >= 15 is 0 Å². The summed E-state index contributed by atoms with van der Waals surface area (Å²) in [6.45, 7) is 4.59. The van der Waals surface area contributed by atoms with E-state index in [9.17, 15) is 5.11 Å². The fourth-order valence-corrected chi connectivity index (χ4v) is 4.02. The highest BCUT2D eigenvalue weighted by Gasteiger charge is 2.49. The minimum Gasteiger partial charge on any atom is -0.389 e. The zero-order chi connectivity index (χ0) is 9.92. The first-order chi connectivity index (χ1) is 6.58. The summed E-state index contributed by atoms with van der Waals surface area (Å²) in [5.41, 5.74) is 3.45. The Bertz CT molecular complexity index is 300. The zero-order valence-corrected chi connectivity index (χ0v) is 9.21. The van der Waals surface area contributed by atoms with E-state index in [1.807, 2.05) is 0 Å². The fourth-order valence-electron chi connectivity index (χ4n) is 4.02. The largest absolute Gasteiger partial charge is 0.389 e. The van der Waals surface area contributed by atoms with Crippen molar-refractivity contribution in [1.82, 2.24) is 0 Å². The van der Waals surface area contributed by atoms with Crippen molar-refractivity contribution >= 4 is 0 Å². The molecule has 0 unspecified atom stereocenters. The van der Waals surface area contributed by atoms with E-state index in [-0.39, 0.29) is 6.10 Å². The van der Waals surface area contributed by atoms with Gasteiger partial charge in [0.25, 0.3) is 0 Å². The Morgan fingerprint density at radius 1 is 1.21 bits per heavy atom. The van der Waals surface area contributed by atoms with Crippen molar-refractivity contribution in [2.24, 2.45) is 17.3 Å². The van der Waals surface area contributed by atoms with Crippen molar-refractivity contribution in [2.75, 3.05) is 0 Å². The molecule has 0 amide bonds. The van der Waals surface area contributed by atoms with Crippen LogP contribution in [-0.2, 0) is 0 Å². The first-order valence-electron chi connectivity index (χ1n) is 5.99. The van der Waals surface area contributed by atoms with Gasteiger partial charge in [0.1, 0.15) is 0 Å². The van der Waals surface area contributed by atoms with Crippen molar-refractivity contribution < 1.29 is 5.11 Å². The predicted molar refractivity (Wildman–Crippen MR) is 56.9 cm³/mol. The number of fused-ring (bicyclic) bond motifs is 3. The van der Waals surface area contributed by atoms with Crippen molar-refractivity contribution in [2.45, 2.75) is 52.1 Å². The summed E-state index contributed by atoms with van der Waals surface area (Å²) in [5, 5.41) is 10.1. The van der Waals surface area contributed by atoms with Gasteiger partial charge in [-0.05, 0) is 48.5 Å². The molecule has 0 aromatic carbocycles. The number of aliphatic hydroxyl groups excluding tert-OH is 1. The lowest BCUT2D eigenvalue weighted by atomic mass is 9.58. The summed E-state index contributed by atoms with van der Waals surface area (Å²) >= 11 is 0. The van der Waals surface area contributed by atoms with Crippen LogP contribution < -0.4 is 0 Å². The van der Waals surface area contributed by atoms with E-state index in [1.165, 1.54) is 31.3 Å². The number of hydrogen-bond acceptors (Lipinski definition) is 1. The highest BCUT2D eigenvalue weighted by Crippen LogP contribution is 2.59. The molecule has 1 N–H and O–H groups in total. The Labute approximate surface area is 86.2 Å².